The van der Waals surface area contributed by atoms with Crippen molar-refractivity contribution in [2.24, 2.45) is 10.9 Å². The smallest absolute Gasteiger partial charge is 0.352 e. The van der Waals surface area contributed by atoms with Gasteiger partial charge in [0.1, 0.15) is 55.1 Å². The highest BCUT2D eigenvalue weighted by molar-refractivity contribution is 8.00. The number of rotatable bonds is 8. The van der Waals surface area contributed by atoms with Gasteiger partial charge < -0.3 is 26.7 Å². The fourth-order valence-corrected chi connectivity index (χ4v) is 6.18. The fraction of sp³-hybridized carbons (Fsp3) is 0.227. The van der Waals surface area contributed by atoms with E-state index < -0.39 is 35.1 Å². The number of thiazole rings is 1. The second-order valence-corrected chi connectivity index (χ2v) is 10.3. The number of carboxylic acids is 1. The molecule has 0 unspecified atom stereocenters. The summed E-state index contributed by atoms with van der Waals surface area (Å²) in [6, 6.07) is 2.33. The highest BCUT2D eigenvalue weighted by Gasteiger charge is 2.54. The van der Waals surface area contributed by atoms with E-state index >= 15 is 0 Å². The Morgan fingerprint density at radius 1 is 1.37 bits per heavy atom. The van der Waals surface area contributed by atoms with Gasteiger partial charge in [0.15, 0.2) is 10.8 Å². The summed E-state index contributed by atoms with van der Waals surface area (Å²) in [5, 5.41) is 17.5. The molecule has 0 spiro atoms. The van der Waals surface area contributed by atoms with Crippen molar-refractivity contribution in [2.45, 2.75) is 18.0 Å². The average Bonchev–Trinajstić information content (AvgIpc) is 3.50. The summed E-state index contributed by atoms with van der Waals surface area (Å²) in [4.78, 5) is 59.7. The first-order valence-corrected chi connectivity index (χ1v) is 13.0. The number of hydrogen-bond donors (Lipinski definition) is 4. The van der Waals surface area contributed by atoms with E-state index in [1.165, 1.54) is 29.2 Å². The number of carbonyl (C=O) groups is 4. The van der Waals surface area contributed by atoms with Gasteiger partial charge in [0.05, 0.1) is 5.56 Å². The molecule has 3 aromatic heterocycles. The van der Waals surface area contributed by atoms with Crippen molar-refractivity contribution >= 4 is 63.3 Å². The molecule has 0 aromatic carbocycles. The zero-order valence-corrected chi connectivity index (χ0v) is 21.4. The van der Waals surface area contributed by atoms with Gasteiger partial charge in [0.2, 0.25) is 0 Å². The summed E-state index contributed by atoms with van der Waals surface area (Å²) >= 11 is 2.45. The predicted octanol–water partition coefficient (Wildman–Crippen LogP) is -0.846. The molecule has 196 valence electrons. The van der Waals surface area contributed by atoms with Gasteiger partial charge >= 0.3 is 5.97 Å². The quantitative estimate of drug-likeness (QED) is 0.118. The first kappa shape index (κ1) is 25.2. The van der Waals surface area contributed by atoms with Crippen LogP contribution in [0.1, 0.15) is 16.1 Å². The van der Waals surface area contributed by atoms with Gasteiger partial charge in [-0.2, -0.15) is 0 Å². The minimum atomic E-state index is -1.25. The van der Waals surface area contributed by atoms with E-state index in [0.717, 1.165) is 11.3 Å². The van der Waals surface area contributed by atoms with Crippen molar-refractivity contribution in [3.8, 4) is 0 Å². The summed E-state index contributed by atoms with van der Waals surface area (Å²) < 4.78 is 3.51. The molecule has 2 aliphatic rings. The molecule has 14 nitrogen and oxygen atoms in total. The molecule has 6 N–H and O–H groups in total. The second-order valence-electron chi connectivity index (χ2n) is 8.29. The number of primary amides is 1. The van der Waals surface area contributed by atoms with Crippen molar-refractivity contribution in [3.05, 3.63) is 58.6 Å². The maximum Gasteiger partial charge on any atom is 0.352 e. The van der Waals surface area contributed by atoms with Crippen LogP contribution in [0.15, 0.2) is 52.5 Å². The Labute approximate surface area is 222 Å². The van der Waals surface area contributed by atoms with Crippen molar-refractivity contribution in [1.82, 2.24) is 19.6 Å². The molecule has 3 aromatic rings. The average molecular weight is 558 g/mol. The van der Waals surface area contributed by atoms with Crippen LogP contribution in [0.25, 0.3) is 5.65 Å². The first-order valence-electron chi connectivity index (χ1n) is 11.0. The number of nitrogens with one attached hydrogen (secondary N) is 1. The van der Waals surface area contributed by atoms with Crippen LogP contribution in [0.3, 0.4) is 0 Å². The predicted molar refractivity (Wildman–Crippen MR) is 136 cm³/mol. The lowest BCUT2D eigenvalue weighted by Crippen LogP contribution is -2.71. The molecule has 2 aliphatic heterocycles. The number of aliphatic carboxylic acids is 1. The van der Waals surface area contributed by atoms with E-state index in [1.54, 1.807) is 39.7 Å². The highest BCUT2D eigenvalue weighted by atomic mass is 32.2. The molecule has 2 atom stereocenters. The van der Waals surface area contributed by atoms with Gasteiger partial charge in [0.25, 0.3) is 23.4 Å². The number of hydrogen-bond acceptors (Lipinski definition) is 10. The molecule has 38 heavy (non-hydrogen) atoms. The monoisotopic (exact) mass is 557 g/mol. The number of nitrogens with two attached hydrogens (primary N) is 2. The molecular weight excluding hydrogens is 536 g/mol. The van der Waals surface area contributed by atoms with E-state index in [1.807, 2.05) is 0 Å². The minimum absolute atomic E-state index is 0.122. The number of carboxylic acid groups (broad SMARTS) is 1. The van der Waals surface area contributed by atoms with E-state index in [-0.39, 0.29) is 28.8 Å². The second kappa shape index (κ2) is 9.79. The summed E-state index contributed by atoms with van der Waals surface area (Å²) in [5.74, 6) is -2.75. The summed E-state index contributed by atoms with van der Waals surface area (Å²) in [6.07, 6.45) is 5.04. The maximum absolute atomic E-state index is 13.1. The highest BCUT2D eigenvalue weighted by Crippen LogP contribution is 2.40. The molecular formula is C22H21N8O6S2+. The molecule has 0 bridgehead atoms. The third-order valence-corrected chi connectivity index (χ3v) is 8.01. The summed E-state index contributed by atoms with van der Waals surface area (Å²) in [7, 11) is 1.27. The zero-order valence-electron chi connectivity index (χ0n) is 19.7. The normalized spacial score (nSPS) is 19.2. The molecule has 0 saturated carbocycles. The summed E-state index contributed by atoms with van der Waals surface area (Å²) in [5.41, 5.74) is 12.5. The van der Waals surface area contributed by atoms with Crippen LogP contribution in [0.5, 0.6) is 0 Å². The van der Waals surface area contributed by atoms with Gasteiger partial charge in [-0.25, -0.2) is 18.7 Å². The van der Waals surface area contributed by atoms with E-state index in [9.17, 15) is 24.3 Å². The third-order valence-electron chi connectivity index (χ3n) is 6.00. The van der Waals surface area contributed by atoms with Crippen LogP contribution in [0.2, 0.25) is 0 Å². The molecule has 1 saturated heterocycles. The fourth-order valence-electron chi connectivity index (χ4n) is 4.29. The number of nitrogen functional groups attached to an aromatic ring is 1. The van der Waals surface area contributed by atoms with Crippen LogP contribution in [-0.2, 0) is 25.8 Å². The van der Waals surface area contributed by atoms with Gasteiger partial charge in [-0.15, -0.1) is 23.1 Å². The Morgan fingerprint density at radius 3 is 2.82 bits per heavy atom. The Hall–Kier alpha value is -4.44. The van der Waals surface area contributed by atoms with Gasteiger partial charge in [0, 0.05) is 22.8 Å². The number of anilines is 1. The molecule has 5 rings (SSSR count). The van der Waals surface area contributed by atoms with E-state index in [0.29, 0.717) is 22.5 Å². The Morgan fingerprint density at radius 2 is 2.16 bits per heavy atom. The number of thioether (sulfide) groups is 1. The molecule has 0 radical (unpaired) electrons. The van der Waals surface area contributed by atoms with Crippen LogP contribution in [-0.4, -0.2) is 73.1 Å². The zero-order chi connectivity index (χ0) is 27.1. The lowest BCUT2D eigenvalue weighted by atomic mass is 10.0. The van der Waals surface area contributed by atoms with Crippen LogP contribution in [0.4, 0.5) is 5.13 Å². The number of oxime groups is 1. The largest absolute Gasteiger partial charge is 0.477 e. The number of aromatic nitrogens is 3. The van der Waals surface area contributed by atoms with Crippen LogP contribution in [0, 0.1) is 0 Å². The number of carbonyl (C=O) groups excluding carboxylic acids is 3. The number of β-lactam (4-membered cyclic amide) rings is 1. The van der Waals surface area contributed by atoms with Crippen molar-refractivity contribution < 1.29 is 33.7 Å². The SMILES string of the molecule is CO/N=C(\C(=O)N[C@@H]1C(=O)N2C(C(=O)O)=C(C[n+]3ccn4cc(C(N)=O)ccc43)CS[C@@H]12)c1csc(N)n1. The van der Waals surface area contributed by atoms with E-state index in [4.69, 9.17) is 16.3 Å². The summed E-state index contributed by atoms with van der Waals surface area (Å²) in [6.45, 7) is 0.199. The number of imidazole rings is 1. The number of amides is 3. The molecule has 1 fully saturated rings. The minimum Gasteiger partial charge on any atom is -0.477 e. The Bertz CT molecular complexity index is 1560. The Kier molecular flexibility index (Phi) is 6.50. The maximum atomic E-state index is 13.1. The first-order chi connectivity index (χ1) is 18.2. The third kappa shape index (κ3) is 4.32. The number of pyridine rings is 1. The van der Waals surface area contributed by atoms with Gasteiger partial charge in [-0.1, -0.05) is 5.16 Å². The van der Waals surface area contributed by atoms with Crippen molar-refractivity contribution in [3.63, 3.8) is 0 Å². The van der Waals surface area contributed by atoms with Gasteiger partial charge in [-0.05, 0) is 6.07 Å². The molecule has 3 amide bonds. The van der Waals surface area contributed by atoms with E-state index in [2.05, 4.69) is 15.5 Å². The van der Waals surface area contributed by atoms with Crippen LogP contribution >= 0.6 is 23.1 Å². The van der Waals surface area contributed by atoms with Crippen molar-refractivity contribution in [2.75, 3.05) is 18.6 Å². The molecule has 5 heterocycles. The van der Waals surface area contributed by atoms with Crippen molar-refractivity contribution in [1.29, 1.82) is 0 Å². The molecule has 16 heteroatoms. The number of nitrogens with zero attached hydrogens (tertiary/aromatic N) is 5. The lowest BCUT2D eigenvalue weighted by molar-refractivity contribution is -0.662. The standard InChI is InChI=1S/C22H20N8O6S2/c1-36-27-14(12-9-38-22(24)25-12)18(32)26-15-19(33)30-16(21(34)35)11(8-37-20(15)30)7-29-5-4-28-6-10(17(23)31)2-3-13(28)29/h2-6,9,15,20H,7-8H2,1H3,(H5-,23,24,25,26,31,32,34,35)/p+1/b27-14-/t15-,20+/m1/s1. The van der Waals surface area contributed by atoms with Crippen LogP contribution < -0.4 is 21.4 Å². The topological polar surface area (TPSA) is 199 Å². The molecule has 0 aliphatic carbocycles. The number of fused-ring (bicyclic) bond motifs is 2. The van der Waals surface area contributed by atoms with Gasteiger partial charge in [-0.3, -0.25) is 19.3 Å². The lowest BCUT2D eigenvalue weighted by Gasteiger charge is -2.49. The Balaban J connectivity index is 1.37.